The number of hydrogen-bond acceptors (Lipinski definition) is 10. The lowest BCUT2D eigenvalue weighted by atomic mass is 10.1. The van der Waals surface area contributed by atoms with E-state index in [1.54, 1.807) is 18.2 Å². The van der Waals surface area contributed by atoms with Crippen LogP contribution in [-0.2, 0) is 24.4 Å². The number of benzene rings is 1. The van der Waals surface area contributed by atoms with Gasteiger partial charge in [-0.1, -0.05) is 25.0 Å². The van der Waals surface area contributed by atoms with Gasteiger partial charge in [-0.25, -0.2) is 18.4 Å². The summed E-state index contributed by atoms with van der Waals surface area (Å²) in [5, 5.41) is 5.68. The van der Waals surface area contributed by atoms with Crippen LogP contribution in [0.3, 0.4) is 0 Å². The van der Waals surface area contributed by atoms with Gasteiger partial charge in [-0.15, -0.1) is 11.3 Å². The molecule has 0 radical (unpaired) electrons. The molecule has 3 aromatic rings. The molecule has 2 saturated carbocycles. The minimum atomic E-state index is -3.82. The Kier molecular flexibility index (Phi) is 8.88. The number of sulfonamides is 1. The second kappa shape index (κ2) is 13.1. The fourth-order valence-electron chi connectivity index (χ4n) is 6.71. The van der Waals surface area contributed by atoms with E-state index in [1.807, 2.05) is 41.8 Å². The Labute approximate surface area is 283 Å². The average Bonchev–Trinajstić information content (AvgIpc) is 3.93. The van der Waals surface area contributed by atoms with Crippen LogP contribution >= 0.6 is 11.3 Å². The van der Waals surface area contributed by atoms with Crippen molar-refractivity contribution in [2.75, 3.05) is 13.7 Å². The fourth-order valence-corrected chi connectivity index (χ4v) is 8.67. The fraction of sp³-hybridized carbons (Fsp3) is 0.500. The maximum atomic E-state index is 14.1. The highest BCUT2D eigenvalue weighted by molar-refractivity contribution is 7.91. The van der Waals surface area contributed by atoms with Crippen LogP contribution < -0.4 is 19.5 Å². The van der Waals surface area contributed by atoms with Crippen LogP contribution in [0.4, 0.5) is 0 Å². The summed E-state index contributed by atoms with van der Waals surface area (Å²) in [7, 11) is -2.23. The van der Waals surface area contributed by atoms with Crippen molar-refractivity contribution in [3.05, 3.63) is 48.0 Å². The number of nitrogens with one attached hydrogen (secondary N) is 2. The molecule has 0 bridgehead atoms. The Morgan fingerprint density at radius 2 is 1.98 bits per heavy atom. The van der Waals surface area contributed by atoms with Crippen molar-refractivity contribution in [2.24, 2.45) is 5.92 Å². The number of ether oxygens (including phenoxy) is 2. The van der Waals surface area contributed by atoms with E-state index in [-0.39, 0.29) is 31.2 Å². The molecule has 12 nitrogen and oxygen atoms in total. The Morgan fingerprint density at radius 3 is 2.75 bits per heavy atom. The summed E-state index contributed by atoms with van der Waals surface area (Å²) in [6.07, 6.45) is 11.2. The molecule has 3 fully saturated rings. The van der Waals surface area contributed by atoms with Gasteiger partial charge in [-0.05, 0) is 50.7 Å². The van der Waals surface area contributed by atoms with E-state index < -0.39 is 44.8 Å². The first-order valence-corrected chi connectivity index (χ1v) is 19.0. The first-order valence-electron chi connectivity index (χ1n) is 16.6. The van der Waals surface area contributed by atoms with Crippen molar-refractivity contribution < 1.29 is 32.3 Å². The number of hydrogen-bond donors (Lipinski definition) is 2. The van der Waals surface area contributed by atoms with Crippen LogP contribution in [0, 0.1) is 5.92 Å². The summed E-state index contributed by atoms with van der Waals surface area (Å²) in [5.74, 6) is -0.526. The monoisotopic (exact) mass is 693 g/mol. The molecule has 48 heavy (non-hydrogen) atoms. The summed E-state index contributed by atoms with van der Waals surface area (Å²) in [5.41, 5.74) is -0.114. The molecule has 2 aliphatic heterocycles. The molecule has 2 aliphatic carbocycles. The first-order chi connectivity index (χ1) is 23.2. The number of pyridine rings is 1. The topological polar surface area (TPSA) is 157 Å². The predicted molar refractivity (Wildman–Crippen MR) is 180 cm³/mol. The zero-order valence-corrected chi connectivity index (χ0v) is 28.4. The lowest BCUT2D eigenvalue weighted by Crippen LogP contribution is -2.56. The maximum absolute atomic E-state index is 14.1. The normalized spacial score (nSPS) is 27.2. The molecule has 1 saturated heterocycles. The van der Waals surface area contributed by atoms with E-state index in [1.165, 1.54) is 11.3 Å². The van der Waals surface area contributed by atoms with Gasteiger partial charge in [0.25, 0.3) is 5.91 Å². The van der Waals surface area contributed by atoms with Crippen LogP contribution in [0.25, 0.3) is 21.6 Å². The second-order valence-electron chi connectivity index (χ2n) is 13.1. The van der Waals surface area contributed by atoms with Crippen molar-refractivity contribution in [3.63, 3.8) is 0 Å². The number of methoxy groups -OCH3 is 1. The van der Waals surface area contributed by atoms with E-state index in [0.717, 1.165) is 36.1 Å². The molecule has 254 valence electrons. The molecule has 2 N–H and O–H groups in total. The SMILES string of the molecule is COc1ccc2c(O[C@@H]3C[C@H]4C(=O)N[C@]5(C(=O)NS(=O)(=O)C6CC6)C[C@@H]5/C=C\CCCCCCC(=O)N4C3)cc(-c3nccs3)nc2c1. The third kappa shape index (κ3) is 6.64. The van der Waals surface area contributed by atoms with Crippen molar-refractivity contribution in [2.45, 2.75) is 87.1 Å². The van der Waals surface area contributed by atoms with Crippen LogP contribution in [0.2, 0.25) is 0 Å². The summed E-state index contributed by atoms with van der Waals surface area (Å²) in [6, 6.07) is 6.45. The molecule has 4 aliphatic rings. The lowest BCUT2D eigenvalue weighted by Gasteiger charge is -2.26. The molecule has 4 heterocycles. The number of carbonyl (C=O) groups excluding carboxylic acids is 3. The highest BCUT2D eigenvalue weighted by atomic mass is 32.2. The van der Waals surface area contributed by atoms with Crippen molar-refractivity contribution in [3.8, 4) is 22.2 Å². The van der Waals surface area contributed by atoms with Crippen molar-refractivity contribution in [1.29, 1.82) is 0 Å². The smallest absolute Gasteiger partial charge is 0.259 e. The third-order valence-electron chi connectivity index (χ3n) is 9.65. The molecule has 0 unspecified atom stereocenters. The third-order valence-corrected chi connectivity index (χ3v) is 12.3. The summed E-state index contributed by atoms with van der Waals surface area (Å²) in [4.78, 5) is 52.0. The number of thiazole rings is 1. The Bertz CT molecular complexity index is 1860. The van der Waals surface area contributed by atoms with E-state index >= 15 is 0 Å². The van der Waals surface area contributed by atoms with Crippen LogP contribution in [0.1, 0.15) is 64.2 Å². The molecule has 2 aromatic heterocycles. The molecular formula is C34H39N5O7S2. The highest BCUT2D eigenvalue weighted by Crippen LogP contribution is 2.46. The molecule has 14 heteroatoms. The molecule has 7 rings (SSSR count). The summed E-state index contributed by atoms with van der Waals surface area (Å²) >= 11 is 1.45. The average molecular weight is 694 g/mol. The van der Waals surface area contributed by atoms with Gasteiger partial charge < -0.3 is 19.7 Å². The summed E-state index contributed by atoms with van der Waals surface area (Å²) < 4.78 is 39.7. The standard InChI is InChI=1S/C34H39N5O7S2/c1-45-22-10-13-25-26(16-22)36-27(32-35-14-15-47-32)18-29(25)46-23-17-28-31(41)37-34(33(42)38-48(43,44)24-11-12-24)19-21(34)8-6-4-2-3-5-7-9-30(40)39(28)20-23/h6,8,10,13-16,18,21,23-24,28H,2-5,7,9,11-12,17,19-20H2,1H3,(H,37,41)(H,38,42)/b8-6-/t21-,23+,28-,34+/m0/s1. The number of nitrogens with zero attached hydrogens (tertiary/aromatic N) is 3. The zero-order chi connectivity index (χ0) is 33.5. The highest BCUT2D eigenvalue weighted by Gasteiger charge is 2.62. The quantitative estimate of drug-likeness (QED) is 0.348. The minimum absolute atomic E-state index is 0.149. The van der Waals surface area contributed by atoms with Crippen LogP contribution in [0.5, 0.6) is 11.5 Å². The first kappa shape index (κ1) is 32.5. The summed E-state index contributed by atoms with van der Waals surface area (Å²) in [6.45, 7) is 0.183. The Hall–Kier alpha value is -4.04. The molecular weight excluding hydrogens is 655 g/mol. The Morgan fingerprint density at radius 1 is 1.15 bits per heavy atom. The number of amides is 3. The van der Waals surface area contributed by atoms with Gasteiger partial charge >= 0.3 is 0 Å². The Balaban J connectivity index is 1.17. The number of rotatable bonds is 7. The van der Waals surface area contributed by atoms with E-state index in [9.17, 15) is 22.8 Å². The van der Waals surface area contributed by atoms with Gasteiger partial charge in [0.15, 0.2) is 0 Å². The minimum Gasteiger partial charge on any atom is -0.497 e. The number of allylic oxidation sites excluding steroid dienone is 1. The number of fused-ring (bicyclic) bond motifs is 3. The molecule has 3 amide bonds. The zero-order valence-electron chi connectivity index (χ0n) is 26.7. The van der Waals surface area contributed by atoms with Crippen LogP contribution in [0.15, 0.2) is 48.0 Å². The maximum Gasteiger partial charge on any atom is 0.259 e. The number of carbonyl (C=O) groups is 3. The predicted octanol–water partition coefficient (Wildman–Crippen LogP) is 4.11. The van der Waals surface area contributed by atoms with Crippen LogP contribution in [-0.4, -0.2) is 77.6 Å². The van der Waals surface area contributed by atoms with Gasteiger partial charge in [-0.2, -0.15) is 0 Å². The van der Waals surface area contributed by atoms with Gasteiger partial charge in [0, 0.05) is 47.9 Å². The number of aromatic nitrogens is 2. The largest absolute Gasteiger partial charge is 0.497 e. The molecule has 0 spiro atoms. The molecule has 4 atom stereocenters. The van der Waals surface area contributed by atoms with Crippen molar-refractivity contribution in [1.82, 2.24) is 24.9 Å². The lowest BCUT2D eigenvalue weighted by molar-refractivity contribution is -0.139. The van der Waals surface area contributed by atoms with Gasteiger partial charge in [0.1, 0.15) is 39.9 Å². The van der Waals surface area contributed by atoms with E-state index in [4.69, 9.17) is 14.5 Å². The van der Waals surface area contributed by atoms with Gasteiger partial charge in [0.05, 0.1) is 24.4 Å². The molecule has 1 aromatic carbocycles. The van der Waals surface area contributed by atoms with Gasteiger partial charge in [-0.3, -0.25) is 19.1 Å². The van der Waals surface area contributed by atoms with E-state index in [2.05, 4.69) is 15.0 Å². The van der Waals surface area contributed by atoms with Gasteiger partial charge in [0.2, 0.25) is 21.8 Å². The van der Waals surface area contributed by atoms with E-state index in [0.29, 0.717) is 48.4 Å². The van der Waals surface area contributed by atoms with Crippen molar-refractivity contribution >= 4 is 50.0 Å². The second-order valence-corrected chi connectivity index (χ2v) is 15.9.